The molecule has 2 heteroatoms. The lowest BCUT2D eigenvalue weighted by Gasteiger charge is -2.14. The normalized spacial score (nSPS) is 12.1. The summed E-state index contributed by atoms with van der Waals surface area (Å²) in [5.41, 5.74) is 2.35. The molecule has 0 heterocycles. The fourth-order valence-electron chi connectivity index (χ4n) is 1.73. The van der Waals surface area contributed by atoms with Crippen molar-refractivity contribution in [2.75, 3.05) is 11.9 Å². The van der Waals surface area contributed by atoms with Gasteiger partial charge in [0.15, 0.2) is 0 Å². The lowest BCUT2D eigenvalue weighted by molar-refractivity contribution is 0.275. The summed E-state index contributed by atoms with van der Waals surface area (Å²) in [6.07, 6.45) is 0. The highest BCUT2D eigenvalue weighted by atomic mass is 79.9. The first-order valence-electron chi connectivity index (χ1n) is 6.14. The predicted molar refractivity (Wildman–Crippen MR) is 80.3 cm³/mol. The zero-order chi connectivity index (χ0) is 12.8. The molecule has 1 unspecified atom stereocenters. The van der Waals surface area contributed by atoms with Gasteiger partial charge in [-0.05, 0) is 17.5 Å². The molecule has 18 heavy (non-hydrogen) atoms. The molecule has 0 radical (unpaired) electrons. The highest BCUT2D eigenvalue weighted by Crippen LogP contribution is 2.29. The predicted octanol–water partition coefficient (Wildman–Crippen LogP) is 4.76. The van der Waals surface area contributed by atoms with E-state index in [1.807, 2.05) is 36.4 Å². The number of alkyl halides is 1. The lowest BCUT2D eigenvalue weighted by Crippen LogP contribution is -2.09. The fraction of sp³-hybridized carbons (Fsp3) is 0.250. The molecule has 1 nitrogen and oxygen atoms in total. The summed E-state index contributed by atoms with van der Waals surface area (Å²) in [4.78, 5) is 0. The maximum atomic E-state index is 5.91. The molecular formula is C16H17BrO. The van der Waals surface area contributed by atoms with Crippen molar-refractivity contribution in [2.45, 2.75) is 6.92 Å². The number of hydrogen-bond donors (Lipinski definition) is 0. The number of benzene rings is 2. The van der Waals surface area contributed by atoms with Gasteiger partial charge in [-0.3, -0.25) is 0 Å². The van der Waals surface area contributed by atoms with Crippen LogP contribution in [0.2, 0.25) is 0 Å². The van der Waals surface area contributed by atoms with Crippen molar-refractivity contribution in [3.8, 4) is 16.9 Å². The summed E-state index contributed by atoms with van der Waals surface area (Å²) in [6.45, 7) is 2.90. The second kappa shape index (κ2) is 6.60. The van der Waals surface area contributed by atoms with Crippen molar-refractivity contribution in [2.24, 2.45) is 5.92 Å². The Morgan fingerprint density at radius 1 is 1.00 bits per heavy atom. The highest BCUT2D eigenvalue weighted by Gasteiger charge is 2.07. The van der Waals surface area contributed by atoms with E-state index in [0.717, 1.165) is 23.2 Å². The van der Waals surface area contributed by atoms with Crippen molar-refractivity contribution >= 4 is 15.9 Å². The first-order valence-corrected chi connectivity index (χ1v) is 7.26. The van der Waals surface area contributed by atoms with Crippen molar-refractivity contribution in [3.05, 3.63) is 54.6 Å². The largest absolute Gasteiger partial charge is 0.493 e. The van der Waals surface area contributed by atoms with Crippen molar-refractivity contribution in [1.82, 2.24) is 0 Å². The Morgan fingerprint density at radius 2 is 1.67 bits per heavy atom. The van der Waals surface area contributed by atoms with Crippen LogP contribution in [-0.4, -0.2) is 11.9 Å². The molecule has 0 fully saturated rings. The first kappa shape index (κ1) is 13.2. The topological polar surface area (TPSA) is 9.23 Å². The molecule has 0 N–H and O–H groups in total. The zero-order valence-electron chi connectivity index (χ0n) is 10.5. The molecule has 0 amide bonds. The van der Waals surface area contributed by atoms with E-state index < -0.39 is 0 Å². The Kier molecular flexibility index (Phi) is 4.82. The van der Waals surface area contributed by atoms with Crippen LogP contribution >= 0.6 is 15.9 Å². The van der Waals surface area contributed by atoms with Crippen LogP contribution in [0.4, 0.5) is 0 Å². The van der Waals surface area contributed by atoms with Gasteiger partial charge in [0.25, 0.3) is 0 Å². The Bertz CT molecular complexity index is 481. The second-order valence-electron chi connectivity index (χ2n) is 4.43. The van der Waals surface area contributed by atoms with E-state index in [-0.39, 0.29) is 0 Å². The maximum absolute atomic E-state index is 5.91. The van der Waals surface area contributed by atoms with Crippen LogP contribution in [0.5, 0.6) is 5.75 Å². The number of hydrogen-bond acceptors (Lipinski definition) is 1. The fourth-order valence-corrected chi connectivity index (χ4v) is 1.91. The zero-order valence-corrected chi connectivity index (χ0v) is 12.1. The van der Waals surface area contributed by atoms with Gasteiger partial charge >= 0.3 is 0 Å². The van der Waals surface area contributed by atoms with Gasteiger partial charge in [-0.15, -0.1) is 0 Å². The average molecular weight is 305 g/mol. The van der Waals surface area contributed by atoms with E-state index in [1.165, 1.54) is 5.56 Å². The molecule has 94 valence electrons. The maximum Gasteiger partial charge on any atom is 0.127 e. The molecule has 0 aliphatic rings. The first-order chi connectivity index (χ1) is 8.81. The van der Waals surface area contributed by atoms with Crippen LogP contribution in [0.1, 0.15) is 6.92 Å². The molecule has 2 aromatic rings. The van der Waals surface area contributed by atoms with Gasteiger partial charge in [-0.1, -0.05) is 71.4 Å². The summed E-state index contributed by atoms with van der Waals surface area (Å²) in [7, 11) is 0. The summed E-state index contributed by atoms with van der Waals surface area (Å²) >= 11 is 3.47. The van der Waals surface area contributed by atoms with Crippen molar-refractivity contribution in [1.29, 1.82) is 0 Å². The SMILES string of the molecule is CC(CBr)COc1ccccc1-c1ccccc1. The van der Waals surface area contributed by atoms with E-state index >= 15 is 0 Å². The number of para-hydroxylation sites is 1. The molecule has 0 bridgehead atoms. The molecule has 2 aromatic carbocycles. The van der Waals surface area contributed by atoms with Crippen LogP contribution in [0, 0.1) is 5.92 Å². The van der Waals surface area contributed by atoms with Gasteiger partial charge in [0.2, 0.25) is 0 Å². The molecular weight excluding hydrogens is 288 g/mol. The van der Waals surface area contributed by atoms with Crippen molar-refractivity contribution in [3.63, 3.8) is 0 Å². The Hall–Kier alpha value is -1.28. The summed E-state index contributed by atoms with van der Waals surface area (Å²) < 4.78 is 5.91. The molecule has 0 spiro atoms. The number of halogens is 1. The summed E-state index contributed by atoms with van der Waals surface area (Å²) in [5, 5.41) is 0.959. The van der Waals surface area contributed by atoms with E-state index in [1.54, 1.807) is 0 Å². The number of rotatable bonds is 5. The van der Waals surface area contributed by atoms with Gasteiger partial charge < -0.3 is 4.74 Å². The van der Waals surface area contributed by atoms with Crippen LogP contribution in [-0.2, 0) is 0 Å². The summed E-state index contributed by atoms with van der Waals surface area (Å²) in [5.74, 6) is 1.46. The highest BCUT2D eigenvalue weighted by molar-refractivity contribution is 9.09. The van der Waals surface area contributed by atoms with E-state index in [2.05, 4.69) is 41.1 Å². The smallest absolute Gasteiger partial charge is 0.127 e. The minimum Gasteiger partial charge on any atom is -0.493 e. The van der Waals surface area contributed by atoms with Gasteiger partial charge in [0.1, 0.15) is 5.75 Å². The number of ether oxygens (including phenoxy) is 1. The third-order valence-electron chi connectivity index (χ3n) is 2.76. The molecule has 0 aliphatic heterocycles. The Morgan fingerprint density at radius 3 is 2.39 bits per heavy atom. The van der Waals surface area contributed by atoms with E-state index in [0.29, 0.717) is 5.92 Å². The van der Waals surface area contributed by atoms with E-state index in [9.17, 15) is 0 Å². The van der Waals surface area contributed by atoms with Crippen LogP contribution < -0.4 is 4.74 Å². The van der Waals surface area contributed by atoms with Gasteiger partial charge in [0, 0.05) is 10.9 Å². The molecule has 0 aromatic heterocycles. The molecule has 1 atom stereocenters. The minimum atomic E-state index is 0.508. The second-order valence-corrected chi connectivity index (χ2v) is 5.08. The quantitative estimate of drug-likeness (QED) is 0.723. The lowest BCUT2D eigenvalue weighted by atomic mass is 10.0. The van der Waals surface area contributed by atoms with Gasteiger partial charge in [0.05, 0.1) is 6.61 Å². The van der Waals surface area contributed by atoms with Gasteiger partial charge in [-0.25, -0.2) is 0 Å². The van der Waals surface area contributed by atoms with Crippen molar-refractivity contribution < 1.29 is 4.74 Å². The van der Waals surface area contributed by atoms with Crippen LogP contribution in [0.15, 0.2) is 54.6 Å². The standard InChI is InChI=1S/C16H17BrO/c1-13(11-17)12-18-16-10-6-5-9-15(16)14-7-3-2-4-8-14/h2-10,13H,11-12H2,1H3. The Labute approximate surface area is 117 Å². The Balaban J connectivity index is 2.21. The molecule has 0 aliphatic carbocycles. The van der Waals surface area contributed by atoms with Crippen LogP contribution in [0.3, 0.4) is 0 Å². The van der Waals surface area contributed by atoms with Gasteiger partial charge in [-0.2, -0.15) is 0 Å². The van der Waals surface area contributed by atoms with E-state index in [4.69, 9.17) is 4.74 Å². The minimum absolute atomic E-state index is 0.508. The molecule has 0 saturated heterocycles. The third kappa shape index (κ3) is 3.36. The summed E-state index contributed by atoms with van der Waals surface area (Å²) in [6, 6.07) is 18.5. The molecule has 2 rings (SSSR count). The molecule has 0 saturated carbocycles. The monoisotopic (exact) mass is 304 g/mol. The third-order valence-corrected chi connectivity index (χ3v) is 3.86. The average Bonchev–Trinajstić information content (AvgIpc) is 2.46. The van der Waals surface area contributed by atoms with Crippen LogP contribution in [0.25, 0.3) is 11.1 Å².